The molecule has 0 aliphatic carbocycles. The first-order valence-corrected chi connectivity index (χ1v) is 3.40. The number of hydrogen-bond acceptors (Lipinski definition) is 2. The number of rotatable bonds is 0. The smallest absolute Gasteiger partial charge is 0.0351 e. The molecule has 1 nitrogen and oxygen atoms in total. The van der Waals surface area contributed by atoms with Gasteiger partial charge in [-0.1, -0.05) is 18.2 Å². The van der Waals surface area contributed by atoms with Gasteiger partial charge in [0.25, 0.3) is 0 Å². The summed E-state index contributed by atoms with van der Waals surface area (Å²) < 4.78 is 4.25. The molecular formula is C8H12OS. The molecule has 0 spiro atoms. The van der Waals surface area contributed by atoms with Crippen molar-refractivity contribution in [1.29, 1.82) is 0 Å². The van der Waals surface area contributed by atoms with Crippen molar-refractivity contribution in [2.24, 2.45) is 0 Å². The van der Waals surface area contributed by atoms with Crippen LogP contribution in [0.25, 0.3) is 0 Å². The van der Waals surface area contributed by atoms with Crippen LogP contribution in [0.3, 0.4) is 0 Å². The molecule has 1 aromatic carbocycles. The molecule has 2 heteroatoms. The van der Waals surface area contributed by atoms with Crippen molar-refractivity contribution in [3.05, 3.63) is 30.3 Å². The van der Waals surface area contributed by atoms with Crippen molar-refractivity contribution in [2.75, 3.05) is 14.2 Å². The van der Waals surface area contributed by atoms with Gasteiger partial charge >= 0.3 is 0 Å². The highest BCUT2D eigenvalue weighted by Crippen LogP contribution is 2.00. The summed E-state index contributed by atoms with van der Waals surface area (Å²) >= 11 is 4.08. The second-order valence-electron chi connectivity index (χ2n) is 1.74. The van der Waals surface area contributed by atoms with Crippen molar-refractivity contribution in [2.45, 2.75) is 4.90 Å². The predicted molar refractivity (Wildman–Crippen MR) is 46.6 cm³/mol. The fourth-order valence-corrected chi connectivity index (χ4v) is 0.600. The van der Waals surface area contributed by atoms with Crippen LogP contribution in [0, 0.1) is 0 Å². The molecule has 0 bridgehead atoms. The van der Waals surface area contributed by atoms with Gasteiger partial charge in [0.05, 0.1) is 0 Å². The van der Waals surface area contributed by atoms with Gasteiger partial charge in [-0.2, -0.15) is 0 Å². The Morgan fingerprint density at radius 2 is 1.50 bits per heavy atom. The summed E-state index contributed by atoms with van der Waals surface area (Å²) in [6.07, 6.45) is 0. The van der Waals surface area contributed by atoms with Crippen LogP contribution in [0.1, 0.15) is 0 Å². The SMILES string of the molecule is COC.Sc1ccccc1. The fraction of sp³-hybridized carbons (Fsp3) is 0.250. The monoisotopic (exact) mass is 156 g/mol. The molecule has 0 atom stereocenters. The van der Waals surface area contributed by atoms with E-state index in [1.807, 2.05) is 30.3 Å². The minimum absolute atomic E-state index is 1.02. The van der Waals surface area contributed by atoms with Crippen molar-refractivity contribution in [1.82, 2.24) is 0 Å². The molecule has 0 heterocycles. The summed E-state index contributed by atoms with van der Waals surface area (Å²) in [5.41, 5.74) is 0. The number of ether oxygens (including phenoxy) is 1. The maximum Gasteiger partial charge on any atom is 0.0351 e. The molecule has 0 radical (unpaired) electrons. The molecule has 1 aromatic rings. The molecule has 0 aromatic heterocycles. The average molecular weight is 156 g/mol. The molecule has 1 rings (SSSR count). The van der Waals surface area contributed by atoms with Gasteiger partial charge in [0.1, 0.15) is 0 Å². The van der Waals surface area contributed by atoms with E-state index in [1.165, 1.54) is 0 Å². The van der Waals surface area contributed by atoms with Gasteiger partial charge < -0.3 is 4.74 Å². The molecule has 0 fully saturated rings. The van der Waals surface area contributed by atoms with Crippen molar-refractivity contribution in [3.63, 3.8) is 0 Å². The zero-order chi connectivity index (χ0) is 7.82. The number of methoxy groups -OCH3 is 1. The van der Waals surface area contributed by atoms with Crippen LogP contribution < -0.4 is 0 Å². The Labute approximate surface area is 67.4 Å². The van der Waals surface area contributed by atoms with Crippen LogP contribution in [-0.2, 0) is 4.74 Å². The number of benzene rings is 1. The highest BCUT2D eigenvalue weighted by atomic mass is 32.1. The van der Waals surface area contributed by atoms with E-state index in [1.54, 1.807) is 14.2 Å². The number of thiol groups is 1. The maximum absolute atomic E-state index is 4.25. The van der Waals surface area contributed by atoms with Gasteiger partial charge in [0.2, 0.25) is 0 Å². The van der Waals surface area contributed by atoms with Gasteiger partial charge in [-0.15, -0.1) is 12.6 Å². The van der Waals surface area contributed by atoms with Crippen molar-refractivity contribution >= 4 is 12.6 Å². The lowest BCUT2D eigenvalue weighted by Gasteiger charge is -1.81. The topological polar surface area (TPSA) is 9.23 Å². The van der Waals surface area contributed by atoms with Gasteiger partial charge in [0.15, 0.2) is 0 Å². The summed E-state index contributed by atoms with van der Waals surface area (Å²) in [4.78, 5) is 1.02. The van der Waals surface area contributed by atoms with E-state index in [9.17, 15) is 0 Å². The third kappa shape index (κ3) is 5.66. The molecule has 0 aliphatic heterocycles. The zero-order valence-corrected chi connectivity index (χ0v) is 7.14. The minimum atomic E-state index is 1.02. The van der Waals surface area contributed by atoms with E-state index >= 15 is 0 Å². The van der Waals surface area contributed by atoms with Crippen LogP contribution in [0.2, 0.25) is 0 Å². The Balaban J connectivity index is 0.000000236. The standard InChI is InChI=1S/C6H6S.C2H6O/c7-6-4-2-1-3-5-6;1-3-2/h1-5,7H;1-2H3. The minimum Gasteiger partial charge on any atom is -0.388 e. The van der Waals surface area contributed by atoms with Gasteiger partial charge in [-0.05, 0) is 12.1 Å². The summed E-state index contributed by atoms with van der Waals surface area (Å²) in [6.45, 7) is 0. The largest absolute Gasteiger partial charge is 0.388 e. The van der Waals surface area contributed by atoms with E-state index in [-0.39, 0.29) is 0 Å². The summed E-state index contributed by atoms with van der Waals surface area (Å²) in [6, 6.07) is 9.79. The van der Waals surface area contributed by atoms with Gasteiger partial charge in [-0.3, -0.25) is 0 Å². The van der Waals surface area contributed by atoms with E-state index in [4.69, 9.17) is 0 Å². The summed E-state index contributed by atoms with van der Waals surface area (Å²) in [7, 11) is 3.25. The third-order valence-corrected chi connectivity index (χ3v) is 1.05. The lowest BCUT2D eigenvalue weighted by Crippen LogP contribution is -1.56. The molecule has 0 saturated carbocycles. The van der Waals surface area contributed by atoms with Crippen LogP contribution in [0.4, 0.5) is 0 Å². The predicted octanol–water partition coefficient (Wildman–Crippen LogP) is 2.24. The van der Waals surface area contributed by atoms with Crippen LogP contribution in [0.5, 0.6) is 0 Å². The first-order valence-electron chi connectivity index (χ1n) is 2.95. The molecule has 0 aliphatic rings. The highest BCUT2D eigenvalue weighted by Gasteiger charge is 1.73. The highest BCUT2D eigenvalue weighted by molar-refractivity contribution is 7.80. The quantitative estimate of drug-likeness (QED) is 0.567. The molecular weight excluding hydrogens is 144 g/mol. The molecule has 56 valence electrons. The second-order valence-corrected chi connectivity index (χ2v) is 2.26. The lowest BCUT2D eigenvalue weighted by molar-refractivity contribution is 0.277. The average Bonchev–Trinajstić information content (AvgIpc) is 1.91. The van der Waals surface area contributed by atoms with E-state index in [0.717, 1.165) is 4.90 Å². The van der Waals surface area contributed by atoms with Crippen molar-refractivity contribution < 1.29 is 4.74 Å². The lowest BCUT2D eigenvalue weighted by atomic mass is 10.4. The Bertz CT molecular complexity index is 151. The van der Waals surface area contributed by atoms with E-state index in [2.05, 4.69) is 17.4 Å². The van der Waals surface area contributed by atoms with Crippen molar-refractivity contribution in [3.8, 4) is 0 Å². The van der Waals surface area contributed by atoms with E-state index in [0.29, 0.717) is 0 Å². The van der Waals surface area contributed by atoms with Crippen LogP contribution in [0.15, 0.2) is 35.2 Å². The molecule has 0 N–H and O–H groups in total. The zero-order valence-electron chi connectivity index (χ0n) is 6.24. The third-order valence-electron chi connectivity index (χ3n) is 0.756. The second kappa shape index (κ2) is 6.65. The first kappa shape index (κ1) is 9.53. The van der Waals surface area contributed by atoms with Crippen LogP contribution >= 0.6 is 12.6 Å². The molecule has 0 amide bonds. The molecule has 0 saturated heterocycles. The Morgan fingerprint density at radius 3 is 1.70 bits per heavy atom. The Hall–Kier alpha value is -0.470. The van der Waals surface area contributed by atoms with Crippen LogP contribution in [-0.4, -0.2) is 14.2 Å². The normalized spacial score (nSPS) is 7.90. The van der Waals surface area contributed by atoms with Gasteiger partial charge in [-0.25, -0.2) is 0 Å². The first-order chi connectivity index (χ1) is 4.81. The summed E-state index contributed by atoms with van der Waals surface area (Å²) in [5.74, 6) is 0. The molecule has 10 heavy (non-hydrogen) atoms. The maximum atomic E-state index is 4.25. The Morgan fingerprint density at radius 1 is 1.10 bits per heavy atom. The van der Waals surface area contributed by atoms with E-state index < -0.39 is 0 Å². The molecule has 0 unspecified atom stereocenters. The fourth-order valence-electron chi connectivity index (χ4n) is 0.428. The summed E-state index contributed by atoms with van der Waals surface area (Å²) in [5, 5.41) is 0. The van der Waals surface area contributed by atoms with Gasteiger partial charge in [0, 0.05) is 19.1 Å². The Kier molecular flexibility index (Phi) is 6.33. The number of hydrogen-bond donors (Lipinski definition) is 1.